The van der Waals surface area contributed by atoms with Crippen LogP contribution in [0.25, 0.3) is 0 Å². The first kappa shape index (κ1) is 12.6. The molecule has 2 rings (SSSR count). The van der Waals surface area contributed by atoms with Gasteiger partial charge >= 0.3 is 0 Å². The quantitative estimate of drug-likeness (QED) is 0.818. The highest BCUT2D eigenvalue weighted by molar-refractivity contribution is 5.32. The van der Waals surface area contributed by atoms with Gasteiger partial charge in [0.15, 0.2) is 0 Å². The normalized spacial score (nSPS) is 29.6. The lowest BCUT2D eigenvalue weighted by Crippen LogP contribution is -2.41. The number of hydrogen-bond donors (Lipinski definition) is 1. The van der Waals surface area contributed by atoms with Crippen molar-refractivity contribution in [1.29, 1.82) is 0 Å². The Balaban J connectivity index is 2.15. The van der Waals surface area contributed by atoms with Gasteiger partial charge in [-0.3, -0.25) is 0 Å². The molecule has 0 amide bonds. The highest BCUT2D eigenvalue weighted by atomic mass is 14.8. The van der Waals surface area contributed by atoms with Crippen LogP contribution in [0.4, 0.5) is 0 Å². The molecule has 1 heteroatoms. The lowest BCUT2D eigenvalue weighted by Gasteiger charge is -2.39. The maximum atomic E-state index is 6.64. The lowest BCUT2D eigenvalue weighted by molar-refractivity contribution is 0.195. The van der Waals surface area contributed by atoms with Gasteiger partial charge < -0.3 is 5.73 Å². The third kappa shape index (κ3) is 2.55. The van der Waals surface area contributed by atoms with Crippen LogP contribution in [0.2, 0.25) is 0 Å². The van der Waals surface area contributed by atoms with Gasteiger partial charge in [-0.25, -0.2) is 0 Å². The molecule has 94 valence electrons. The summed E-state index contributed by atoms with van der Waals surface area (Å²) in [5.41, 5.74) is 9.28. The van der Waals surface area contributed by atoms with Gasteiger partial charge in [0, 0.05) is 5.54 Å². The van der Waals surface area contributed by atoms with Gasteiger partial charge in [-0.15, -0.1) is 0 Å². The second-order valence-corrected chi connectivity index (χ2v) is 6.05. The fourth-order valence-electron chi connectivity index (χ4n) is 3.22. The molecule has 2 N–H and O–H groups in total. The summed E-state index contributed by atoms with van der Waals surface area (Å²) in [5.74, 6) is 1.67. The van der Waals surface area contributed by atoms with Crippen molar-refractivity contribution in [3.05, 3.63) is 35.4 Å². The minimum Gasteiger partial charge on any atom is -0.321 e. The zero-order valence-corrected chi connectivity index (χ0v) is 11.4. The van der Waals surface area contributed by atoms with Gasteiger partial charge in [0.2, 0.25) is 0 Å². The topological polar surface area (TPSA) is 26.0 Å². The molecule has 0 spiro atoms. The average Bonchev–Trinajstić information content (AvgIpc) is 2.30. The molecule has 0 atom stereocenters. The Hall–Kier alpha value is -0.820. The summed E-state index contributed by atoms with van der Waals surface area (Å²) in [4.78, 5) is 0. The first-order valence-electron chi connectivity index (χ1n) is 6.88. The molecule has 1 aliphatic rings. The summed E-state index contributed by atoms with van der Waals surface area (Å²) >= 11 is 0. The number of hydrogen-bond acceptors (Lipinski definition) is 1. The van der Waals surface area contributed by atoms with Crippen LogP contribution in [0, 0.1) is 18.8 Å². The molecule has 0 heterocycles. The van der Waals surface area contributed by atoms with Gasteiger partial charge in [0.05, 0.1) is 0 Å². The van der Waals surface area contributed by atoms with Crippen LogP contribution in [0.3, 0.4) is 0 Å². The van der Waals surface area contributed by atoms with Crippen molar-refractivity contribution in [1.82, 2.24) is 0 Å². The van der Waals surface area contributed by atoms with Crippen LogP contribution >= 0.6 is 0 Å². The van der Waals surface area contributed by atoms with Gasteiger partial charge in [0.25, 0.3) is 0 Å². The molecule has 0 aromatic heterocycles. The molecule has 1 nitrogen and oxygen atoms in total. The number of benzene rings is 1. The lowest BCUT2D eigenvalue weighted by atomic mass is 9.70. The van der Waals surface area contributed by atoms with Crippen LogP contribution in [-0.4, -0.2) is 0 Å². The van der Waals surface area contributed by atoms with E-state index in [1.807, 2.05) is 0 Å². The third-order valence-electron chi connectivity index (χ3n) is 4.55. The van der Waals surface area contributed by atoms with Gasteiger partial charge in [-0.05, 0) is 55.6 Å². The Morgan fingerprint density at radius 3 is 2.29 bits per heavy atom. The van der Waals surface area contributed by atoms with Crippen molar-refractivity contribution < 1.29 is 0 Å². The predicted molar refractivity (Wildman–Crippen MR) is 73.8 cm³/mol. The molecule has 1 fully saturated rings. The summed E-state index contributed by atoms with van der Waals surface area (Å²) < 4.78 is 0. The van der Waals surface area contributed by atoms with E-state index in [4.69, 9.17) is 5.73 Å². The Kier molecular flexibility index (Phi) is 3.58. The second kappa shape index (κ2) is 4.81. The van der Waals surface area contributed by atoms with Crippen LogP contribution in [0.1, 0.15) is 50.7 Å². The van der Waals surface area contributed by atoms with E-state index in [-0.39, 0.29) is 5.54 Å². The smallest absolute Gasteiger partial charge is 0.0412 e. The molecule has 1 aromatic carbocycles. The molecule has 1 saturated carbocycles. The van der Waals surface area contributed by atoms with Crippen molar-refractivity contribution in [2.75, 3.05) is 0 Å². The summed E-state index contributed by atoms with van der Waals surface area (Å²) in [6.07, 6.45) is 4.84. The largest absolute Gasteiger partial charge is 0.321 e. The molecule has 1 aromatic rings. The number of rotatable bonds is 2. The molecule has 0 unspecified atom stereocenters. The zero-order chi connectivity index (χ0) is 12.5. The minimum absolute atomic E-state index is 0.0727. The summed E-state index contributed by atoms with van der Waals surface area (Å²) in [5, 5.41) is 0. The van der Waals surface area contributed by atoms with E-state index in [2.05, 4.69) is 45.0 Å². The van der Waals surface area contributed by atoms with E-state index >= 15 is 0 Å². The van der Waals surface area contributed by atoms with E-state index < -0.39 is 0 Å². The molecule has 0 aliphatic heterocycles. The fourth-order valence-corrected chi connectivity index (χ4v) is 3.22. The maximum absolute atomic E-state index is 6.64. The Morgan fingerprint density at radius 2 is 1.76 bits per heavy atom. The molecule has 0 bridgehead atoms. The van der Waals surface area contributed by atoms with Crippen LogP contribution in [0.5, 0.6) is 0 Å². The van der Waals surface area contributed by atoms with E-state index in [0.717, 1.165) is 24.7 Å². The van der Waals surface area contributed by atoms with Crippen LogP contribution < -0.4 is 5.73 Å². The van der Waals surface area contributed by atoms with Crippen molar-refractivity contribution in [2.45, 2.75) is 52.0 Å². The molecular formula is C16H25N. The monoisotopic (exact) mass is 231 g/mol. The molecule has 1 aliphatic carbocycles. The summed E-state index contributed by atoms with van der Waals surface area (Å²) in [6, 6.07) is 8.61. The van der Waals surface area contributed by atoms with Crippen LogP contribution in [-0.2, 0) is 5.54 Å². The van der Waals surface area contributed by atoms with E-state index in [1.54, 1.807) is 0 Å². The third-order valence-corrected chi connectivity index (χ3v) is 4.55. The Bertz CT molecular complexity index is 373. The van der Waals surface area contributed by atoms with E-state index in [1.165, 1.54) is 24.0 Å². The first-order valence-corrected chi connectivity index (χ1v) is 6.88. The maximum Gasteiger partial charge on any atom is 0.0412 e. The first-order chi connectivity index (χ1) is 8.03. The van der Waals surface area contributed by atoms with Crippen molar-refractivity contribution in [2.24, 2.45) is 17.6 Å². The highest BCUT2D eigenvalue weighted by Gasteiger charge is 2.34. The zero-order valence-electron chi connectivity index (χ0n) is 11.4. The summed E-state index contributed by atoms with van der Waals surface area (Å²) in [7, 11) is 0. The summed E-state index contributed by atoms with van der Waals surface area (Å²) in [6.45, 7) is 6.85. The van der Waals surface area contributed by atoms with Crippen LogP contribution in [0.15, 0.2) is 24.3 Å². The number of nitrogens with two attached hydrogens (primary N) is 1. The minimum atomic E-state index is -0.0727. The highest BCUT2D eigenvalue weighted by Crippen LogP contribution is 2.40. The molecule has 0 saturated heterocycles. The molecular weight excluding hydrogens is 206 g/mol. The fraction of sp³-hybridized carbons (Fsp3) is 0.625. The number of aryl methyl sites for hydroxylation is 1. The van der Waals surface area contributed by atoms with E-state index in [9.17, 15) is 0 Å². The second-order valence-electron chi connectivity index (χ2n) is 6.05. The standard InChI is InChI=1S/C16H25N/c1-12(2)14-8-10-16(17,11-9-14)15-7-5-4-6-13(15)3/h4-7,12,14H,8-11,17H2,1-3H3. The average molecular weight is 231 g/mol. The molecule has 0 radical (unpaired) electrons. The van der Waals surface area contributed by atoms with E-state index in [0.29, 0.717) is 0 Å². The van der Waals surface area contributed by atoms with Gasteiger partial charge in [-0.1, -0.05) is 38.1 Å². The Labute approximate surface area is 105 Å². The van der Waals surface area contributed by atoms with Gasteiger partial charge in [0.1, 0.15) is 0 Å². The molecule has 17 heavy (non-hydrogen) atoms. The van der Waals surface area contributed by atoms with Gasteiger partial charge in [-0.2, -0.15) is 0 Å². The predicted octanol–water partition coefficient (Wildman–Crippen LogP) is 4.00. The van der Waals surface area contributed by atoms with Crippen molar-refractivity contribution in [3.8, 4) is 0 Å². The van der Waals surface area contributed by atoms with Crippen molar-refractivity contribution >= 4 is 0 Å². The van der Waals surface area contributed by atoms with Crippen molar-refractivity contribution in [3.63, 3.8) is 0 Å². The SMILES string of the molecule is Cc1ccccc1C1(N)CCC(C(C)C)CC1. The Morgan fingerprint density at radius 1 is 1.18 bits per heavy atom.